The third-order valence-electron chi connectivity index (χ3n) is 3.09. The molecule has 0 aromatic heterocycles. The molecule has 1 rings (SSSR count). The summed E-state index contributed by atoms with van der Waals surface area (Å²) < 4.78 is 0. The molecule has 2 heteroatoms. The van der Waals surface area contributed by atoms with Gasteiger partial charge in [-0.05, 0) is 48.8 Å². The molecule has 0 aliphatic heterocycles. The minimum atomic E-state index is 0.612. The van der Waals surface area contributed by atoms with E-state index in [9.17, 15) is 0 Å². The second-order valence-electron chi connectivity index (χ2n) is 4.55. The molecule has 0 aromatic carbocycles. The summed E-state index contributed by atoms with van der Waals surface area (Å²) in [5, 5.41) is 0. The summed E-state index contributed by atoms with van der Waals surface area (Å²) in [4.78, 5) is 0. The van der Waals surface area contributed by atoms with Gasteiger partial charge >= 0.3 is 0 Å². The molecule has 0 saturated heterocycles. The Balaban J connectivity index is 2.20. The van der Waals surface area contributed by atoms with Gasteiger partial charge < -0.3 is 11.5 Å². The Hall–Kier alpha value is -0.500. The summed E-state index contributed by atoms with van der Waals surface area (Å²) in [7, 11) is 0. The van der Waals surface area contributed by atoms with Crippen LogP contribution in [0.4, 0.5) is 0 Å². The van der Waals surface area contributed by atoms with Gasteiger partial charge in [-0.15, -0.1) is 0 Å². The lowest BCUT2D eigenvalue weighted by atomic mass is 9.95. The minimum absolute atomic E-state index is 0.612. The highest BCUT2D eigenvalue weighted by atomic mass is 14.6. The molecule has 76 valence electrons. The highest BCUT2D eigenvalue weighted by molar-refractivity contribution is 5.02. The first-order valence-electron chi connectivity index (χ1n) is 5.27. The van der Waals surface area contributed by atoms with Crippen LogP contribution >= 0.6 is 0 Å². The van der Waals surface area contributed by atoms with Crippen LogP contribution in [0.3, 0.4) is 0 Å². The van der Waals surface area contributed by atoms with Gasteiger partial charge in [0.05, 0.1) is 0 Å². The van der Waals surface area contributed by atoms with Gasteiger partial charge in [0.15, 0.2) is 0 Å². The summed E-state index contributed by atoms with van der Waals surface area (Å²) in [5.74, 6) is 2.69. The highest BCUT2D eigenvalue weighted by Gasteiger charge is 2.33. The lowest BCUT2D eigenvalue weighted by Crippen LogP contribution is -2.09. The first-order valence-corrected chi connectivity index (χ1v) is 5.27. The average molecular weight is 182 g/mol. The molecule has 2 nitrogen and oxygen atoms in total. The zero-order valence-corrected chi connectivity index (χ0v) is 8.79. The van der Waals surface area contributed by atoms with E-state index in [1.54, 1.807) is 6.20 Å². The monoisotopic (exact) mass is 182 g/mol. The predicted molar refractivity (Wildman–Crippen MR) is 57.0 cm³/mol. The van der Waals surface area contributed by atoms with Crippen LogP contribution in [0.15, 0.2) is 11.8 Å². The fraction of sp³-hybridized carbons (Fsp3) is 0.818. The van der Waals surface area contributed by atoms with E-state index in [0.717, 1.165) is 24.2 Å². The van der Waals surface area contributed by atoms with Gasteiger partial charge in [-0.2, -0.15) is 0 Å². The van der Waals surface area contributed by atoms with Crippen LogP contribution in [0.25, 0.3) is 0 Å². The van der Waals surface area contributed by atoms with Crippen molar-refractivity contribution < 1.29 is 0 Å². The Morgan fingerprint density at radius 3 is 2.62 bits per heavy atom. The standard InChI is InChI=1S/C11H22N2/c1-8(3-10(6-12)7-13)4-11-5-9(11)2/h6,8-9,11H,3-5,7,12-13H2,1-2H3/b10-6+. The van der Waals surface area contributed by atoms with Crippen LogP contribution in [0.5, 0.6) is 0 Å². The van der Waals surface area contributed by atoms with Crippen LogP contribution in [0.2, 0.25) is 0 Å². The van der Waals surface area contributed by atoms with E-state index in [-0.39, 0.29) is 0 Å². The van der Waals surface area contributed by atoms with Gasteiger partial charge in [-0.3, -0.25) is 0 Å². The Labute approximate surface area is 81.4 Å². The van der Waals surface area contributed by atoms with E-state index in [4.69, 9.17) is 11.5 Å². The van der Waals surface area contributed by atoms with Crippen molar-refractivity contribution in [2.24, 2.45) is 29.2 Å². The topological polar surface area (TPSA) is 52.0 Å². The van der Waals surface area contributed by atoms with Crippen LogP contribution in [0.1, 0.15) is 33.1 Å². The van der Waals surface area contributed by atoms with E-state index < -0.39 is 0 Å². The quantitative estimate of drug-likeness (QED) is 0.682. The van der Waals surface area contributed by atoms with Gasteiger partial charge in [-0.25, -0.2) is 0 Å². The van der Waals surface area contributed by atoms with Gasteiger partial charge in [-0.1, -0.05) is 13.8 Å². The number of hydrogen-bond donors (Lipinski definition) is 2. The molecule has 0 amide bonds. The fourth-order valence-electron chi connectivity index (χ4n) is 1.99. The average Bonchev–Trinajstić information content (AvgIpc) is 2.77. The van der Waals surface area contributed by atoms with Gasteiger partial charge in [0, 0.05) is 6.54 Å². The third kappa shape index (κ3) is 3.39. The second kappa shape index (κ2) is 4.66. The van der Waals surface area contributed by atoms with Gasteiger partial charge in [0.2, 0.25) is 0 Å². The van der Waals surface area contributed by atoms with Crippen molar-refractivity contribution in [1.29, 1.82) is 0 Å². The van der Waals surface area contributed by atoms with E-state index in [1.807, 2.05) is 0 Å². The zero-order valence-electron chi connectivity index (χ0n) is 8.79. The Bertz CT molecular complexity index is 187. The van der Waals surface area contributed by atoms with E-state index in [1.165, 1.54) is 18.4 Å². The number of rotatable bonds is 5. The van der Waals surface area contributed by atoms with Crippen molar-refractivity contribution >= 4 is 0 Å². The molecule has 3 atom stereocenters. The largest absolute Gasteiger partial charge is 0.405 e. The molecule has 1 saturated carbocycles. The zero-order chi connectivity index (χ0) is 9.84. The first-order chi connectivity index (χ1) is 6.17. The lowest BCUT2D eigenvalue weighted by Gasteiger charge is -2.12. The van der Waals surface area contributed by atoms with Gasteiger partial charge in [0.25, 0.3) is 0 Å². The molecule has 0 aromatic rings. The maximum atomic E-state index is 5.56. The van der Waals surface area contributed by atoms with E-state index >= 15 is 0 Å². The minimum Gasteiger partial charge on any atom is -0.405 e. The van der Waals surface area contributed by atoms with Gasteiger partial charge in [0.1, 0.15) is 0 Å². The molecule has 3 unspecified atom stereocenters. The second-order valence-corrected chi connectivity index (χ2v) is 4.55. The summed E-state index contributed by atoms with van der Waals surface area (Å²) in [5.41, 5.74) is 12.2. The Kier molecular flexibility index (Phi) is 3.79. The maximum absolute atomic E-state index is 5.56. The molecule has 0 spiro atoms. The SMILES string of the molecule is CC(C/C(=C\N)CN)CC1CC1C. The molecule has 0 radical (unpaired) electrons. The van der Waals surface area contributed by atoms with E-state index in [2.05, 4.69) is 13.8 Å². The summed E-state index contributed by atoms with van der Waals surface area (Å²) in [6, 6.07) is 0. The van der Waals surface area contributed by atoms with Crippen molar-refractivity contribution in [2.45, 2.75) is 33.1 Å². The summed E-state index contributed by atoms with van der Waals surface area (Å²) in [6.45, 7) is 5.24. The lowest BCUT2D eigenvalue weighted by molar-refractivity contribution is 0.475. The van der Waals surface area contributed by atoms with Crippen molar-refractivity contribution in [2.75, 3.05) is 6.54 Å². The highest BCUT2D eigenvalue weighted by Crippen LogP contribution is 2.43. The molecule has 1 aliphatic carbocycles. The summed E-state index contributed by atoms with van der Waals surface area (Å²) >= 11 is 0. The van der Waals surface area contributed by atoms with Crippen LogP contribution in [0, 0.1) is 17.8 Å². The molecule has 1 aliphatic rings. The Morgan fingerprint density at radius 1 is 1.62 bits per heavy atom. The number of hydrogen-bond acceptors (Lipinski definition) is 2. The molecule has 0 bridgehead atoms. The number of nitrogens with two attached hydrogens (primary N) is 2. The molecule has 4 N–H and O–H groups in total. The Morgan fingerprint density at radius 2 is 2.23 bits per heavy atom. The van der Waals surface area contributed by atoms with Crippen molar-refractivity contribution in [1.82, 2.24) is 0 Å². The molecule has 0 heterocycles. The molecule has 1 fully saturated rings. The smallest absolute Gasteiger partial charge is 0.0154 e. The van der Waals surface area contributed by atoms with Crippen LogP contribution in [-0.4, -0.2) is 6.54 Å². The van der Waals surface area contributed by atoms with Crippen molar-refractivity contribution in [3.63, 3.8) is 0 Å². The molecular weight excluding hydrogens is 160 g/mol. The predicted octanol–water partition coefficient (Wildman–Crippen LogP) is 1.86. The third-order valence-corrected chi connectivity index (χ3v) is 3.09. The molecule has 13 heavy (non-hydrogen) atoms. The van der Waals surface area contributed by atoms with E-state index in [0.29, 0.717) is 6.54 Å². The normalized spacial score (nSPS) is 30.2. The van der Waals surface area contributed by atoms with Crippen molar-refractivity contribution in [3.05, 3.63) is 11.8 Å². The fourth-order valence-corrected chi connectivity index (χ4v) is 1.99. The first kappa shape index (κ1) is 10.6. The van der Waals surface area contributed by atoms with Crippen molar-refractivity contribution in [3.8, 4) is 0 Å². The van der Waals surface area contributed by atoms with Crippen LogP contribution < -0.4 is 11.5 Å². The summed E-state index contributed by atoms with van der Waals surface area (Å²) in [6.07, 6.45) is 5.52. The van der Waals surface area contributed by atoms with Crippen LogP contribution in [-0.2, 0) is 0 Å². The molecular formula is C11H22N2. The maximum Gasteiger partial charge on any atom is 0.0154 e.